The standard InChI is InChI=1S/C15H10N4O4/c20-13-6-5-10(19(22)23)7-9(13)8-16-18-14-11-3-1-2-4-12(11)17-15(14)21/h1-8,20H,(H,17,18,21)/p-1. The van der Waals surface area contributed by atoms with Crippen molar-refractivity contribution in [3.63, 3.8) is 0 Å². The maximum atomic E-state index is 11.8. The largest absolute Gasteiger partial charge is 0.872 e. The number of benzene rings is 2. The van der Waals surface area contributed by atoms with Gasteiger partial charge in [-0.2, -0.15) is 5.10 Å². The van der Waals surface area contributed by atoms with Crippen LogP contribution in [0, 0.1) is 10.1 Å². The van der Waals surface area contributed by atoms with E-state index in [2.05, 4.69) is 15.5 Å². The fraction of sp³-hybridized carbons (Fsp3) is 0. The van der Waals surface area contributed by atoms with Crippen molar-refractivity contribution >= 4 is 29.2 Å². The van der Waals surface area contributed by atoms with Gasteiger partial charge >= 0.3 is 0 Å². The van der Waals surface area contributed by atoms with E-state index in [9.17, 15) is 20.0 Å². The molecule has 3 rings (SSSR count). The van der Waals surface area contributed by atoms with Gasteiger partial charge in [0.05, 0.1) is 16.8 Å². The molecular formula is C15H9N4O4-. The van der Waals surface area contributed by atoms with Crippen LogP contribution in [0.25, 0.3) is 0 Å². The fourth-order valence-corrected chi connectivity index (χ4v) is 2.10. The molecule has 114 valence electrons. The summed E-state index contributed by atoms with van der Waals surface area (Å²) in [6.07, 6.45) is 1.09. The van der Waals surface area contributed by atoms with E-state index in [1.165, 1.54) is 0 Å². The third kappa shape index (κ3) is 2.77. The van der Waals surface area contributed by atoms with Crippen molar-refractivity contribution in [2.45, 2.75) is 0 Å². The van der Waals surface area contributed by atoms with Crippen LogP contribution in [0.15, 0.2) is 52.7 Å². The SMILES string of the molecule is O=C1Nc2ccccc2/C1=N/N=Cc1cc([N+](=O)[O-])ccc1[O-]. The Labute approximate surface area is 129 Å². The minimum atomic E-state index is -0.608. The summed E-state index contributed by atoms with van der Waals surface area (Å²) in [5.74, 6) is -0.819. The van der Waals surface area contributed by atoms with E-state index in [1.807, 2.05) is 0 Å². The molecule has 1 aliphatic rings. The normalized spacial score (nSPS) is 15.0. The molecule has 0 aliphatic carbocycles. The molecule has 0 fully saturated rings. The Morgan fingerprint density at radius 3 is 2.74 bits per heavy atom. The maximum Gasteiger partial charge on any atom is 0.276 e. The van der Waals surface area contributed by atoms with Gasteiger partial charge < -0.3 is 10.4 Å². The highest BCUT2D eigenvalue weighted by Gasteiger charge is 2.25. The number of nitrogens with zero attached hydrogens (tertiary/aromatic N) is 3. The first-order valence-electron chi connectivity index (χ1n) is 6.53. The quantitative estimate of drug-likeness (QED) is 0.524. The topological polar surface area (TPSA) is 120 Å². The van der Waals surface area contributed by atoms with E-state index < -0.39 is 16.6 Å². The highest BCUT2D eigenvalue weighted by molar-refractivity contribution is 6.53. The molecular weight excluding hydrogens is 300 g/mol. The van der Waals surface area contributed by atoms with Crippen LogP contribution in [-0.2, 0) is 4.79 Å². The Morgan fingerprint density at radius 2 is 1.96 bits per heavy atom. The molecule has 0 spiro atoms. The summed E-state index contributed by atoms with van der Waals surface area (Å²) in [4.78, 5) is 21.9. The third-order valence-electron chi connectivity index (χ3n) is 3.20. The Balaban J connectivity index is 1.91. The molecule has 0 unspecified atom stereocenters. The molecule has 8 nitrogen and oxygen atoms in total. The van der Waals surface area contributed by atoms with Gasteiger partial charge in [0.25, 0.3) is 11.6 Å². The number of carbonyl (C=O) groups is 1. The molecule has 2 aromatic rings. The summed E-state index contributed by atoms with van der Waals surface area (Å²) in [6, 6.07) is 10.3. The second-order valence-electron chi connectivity index (χ2n) is 4.67. The van der Waals surface area contributed by atoms with E-state index in [1.54, 1.807) is 24.3 Å². The highest BCUT2D eigenvalue weighted by Crippen LogP contribution is 2.23. The van der Waals surface area contributed by atoms with Crippen LogP contribution < -0.4 is 10.4 Å². The lowest BCUT2D eigenvalue weighted by Gasteiger charge is -2.07. The van der Waals surface area contributed by atoms with Crippen LogP contribution in [-0.4, -0.2) is 22.8 Å². The van der Waals surface area contributed by atoms with E-state index in [0.717, 1.165) is 24.4 Å². The number of rotatable bonds is 3. The van der Waals surface area contributed by atoms with Crippen molar-refractivity contribution in [3.05, 3.63) is 63.7 Å². The Morgan fingerprint density at radius 1 is 1.17 bits per heavy atom. The third-order valence-corrected chi connectivity index (χ3v) is 3.20. The molecule has 2 aromatic carbocycles. The number of nitro benzene ring substituents is 1. The Bertz CT molecular complexity index is 874. The first-order valence-corrected chi connectivity index (χ1v) is 6.53. The van der Waals surface area contributed by atoms with Crippen LogP contribution in [0.2, 0.25) is 0 Å². The molecule has 0 aromatic heterocycles. The summed E-state index contributed by atoms with van der Waals surface area (Å²) < 4.78 is 0. The number of nitrogens with one attached hydrogen (secondary N) is 1. The second-order valence-corrected chi connectivity index (χ2v) is 4.67. The smallest absolute Gasteiger partial charge is 0.276 e. The van der Waals surface area contributed by atoms with Crippen LogP contribution in [0.1, 0.15) is 11.1 Å². The van der Waals surface area contributed by atoms with Gasteiger partial charge in [0.2, 0.25) is 0 Å². The summed E-state index contributed by atoms with van der Waals surface area (Å²) in [7, 11) is 0. The zero-order valence-electron chi connectivity index (χ0n) is 11.6. The summed E-state index contributed by atoms with van der Waals surface area (Å²) in [5.41, 5.74) is 1.16. The second kappa shape index (κ2) is 5.68. The van der Waals surface area contributed by atoms with E-state index in [0.29, 0.717) is 11.3 Å². The van der Waals surface area contributed by atoms with Crippen molar-refractivity contribution in [2.75, 3.05) is 5.32 Å². The first-order chi connectivity index (χ1) is 11.1. The van der Waals surface area contributed by atoms with Crippen molar-refractivity contribution < 1.29 is 14.8 Å². The van der Waals surface area contributed by atoms with E-state index in [-0.39, 0.29) is 17.0 Å². The number of amides is 1. The lowest BCUT2D eigenvalue weighted by Crippen LogP contribution is -2.13. The van der Waals surface area contributed by atoms with Gasteiger partial charge in [-0.1, -0.05) is 30.0 Å². The summed E-state index contributed by atoms with van der Waals surface area (Å²) in [6.45, 7) is 0. The van der Waals surface area contributed by atoms with Gasteiger partial charge in [0, 0.05) is 17.7 Å². The van der Waals surface area contributed by atoms with Crippen molar-refractivity contribution in [3.8, 4) is 5.75 Å². The van der Waals surface area contributed by atoms with E-state index in [4.69, 9.17) is 0 Å². The lowest BCUT2D eigenvalue weighted by atomic mass is 10.1. The number of hydrogen-bond acceptors (Lipinski definition) is 6. The number of anilines is 1. The number of para-hydroxylation sites is 1. The van der Waals surface area contributed by atoms with Crippen molar-refractivity contribution in [2.24, 2.45) is 10.2 Å². The Kier molecular flexibility index (Phi) is 3.55. The molecule has 0 radical (unpaired) electrons. The first kappa shape index (κ1) is 14.4. The number of carbonyl (C=O) groups excluding carboxylic acids is 1. The number of non-ortho nitro benzene ring substituents is 1. The zero-order chi connectivity index (χ0) is 16.4. The molecule has 0 atom stereocenters. The van der Waals surface area contributed by atoms with Gasteiger partial charge in [0.15, 0.2) is 5.71 Å². The summed E-state index contributed by atoms with van der Waals surface area (Å²) >= 11 is 0. The number of hydrogen-bond donors (Lipinski definition) is 1. The van der Waals surface area contributed by atoms with Crippen molar-refractivity contribution in [1.29, 1.82) is 0 Å². The van der Waals surface area contributed by atoms with Gasteiger partial charge in [-0.25, -0.2) is 0 Å². The molecule has 23 heavy (non-hydrogen) atoms. The van der Waals surface area contributed by atoms with Crippen molar-refractivity contribution in [1.82, 2.24) is 0 Å². The molecule has 1 aliphatic heterocycles. The average molecular weight is 309 g/mol. The predicted octanol–water partition coefficient (Wildman–Crippen LogP) is 1.44. The molecule has 8 heteroatoms. The van der Waals surface area contributed by atoms with Crippen LogP contribution in [0.3, 0.4) is 0 Å². The van der Waals surface area contributed by atoms with Gasteiger partial charge in [-0.15, -0.1) is 5.10 Å². The minimum Gasteiger partial charge on any atom is -0.872 e. The average Bonchev–Trinajstić information content (AvgIpc) is 2.85. The highest BCUT2D eigenvalue weighted by atomic mass is 16.6. The monoisotopic (exact) mass is 309 g/mol. The maximum absolute atomic E-state index is 11.8. The van der Waals surface area contributed by atoms with Crippen LogP contribution in [0.4, 0.5) is 11.4 Å². The molecule has 1 heterocycles. The molecule has 0 saturated carbocycles. The molecule has 1 amide bonds. The van der Waals surface area contributed by atoms with E-state index >= 15 is 0 Å². The van der Waals surface area contributed by atoms with Gasteiger partial charge in [-0.3, -0.25) is 14.9 Å². The molecule has 0 bridgehead atoms. The summed E-state index contributed by atoms with van der Waals surface area (Å²) in [5, 5.41) is 32.5. The molecule has 1 N–H and O–H groups in total. The minimum absolute atomic E-state index is 0.0234. The molecule has 0 saturated heterocycles. The predicted molar refractivity (Wildman–Crippen MR) is 81.7 cm³/mol. The zero-order valence-corrected chi connectivity index (χ0v) is 11.6. The number of fused-ring (bicyclic) bond motifs is 1. The fourth-order valence-electron chi connectivity index (χ4n) is 2.10. The van der Waals surface area contributed by atoms with Gasteiger partial charge in [0.1, 0.15) is 0 Å². The van der Waals surface area contributed by atoms with Crippen LogP contribution in [0.5, 0.6) is 5.75 Å². The number of nitro groups is 1. The van der Waals surface area contributed by atoms with Gasteiger partial charge in [-0.05, 0) is 11.6 Å². The lowest BCUT2D eigenvalue weighted by molar-refractivity contribution is -0.385. The Hall–Kier alpha value is -3.55. The van der Waals surface area contributed by atoms with Crippen LogP contribution >= 0.6 is 0 Å².